The number of piperidine rings is 1. The number of nitrogens with zero attached hydrogens (tertiary/aromatic N) is 1. The maximum atomic E-state index is 12.5. The molecule has 2 aromatic rings. The van der Waals surface area contributed by atoms with E-state index in [1.54, 1.807) is 0 Å². The van der Waals surface area contributed by atoms with Gasteiger partial charge >= 0.3 is 0 Å². The van der Waals surface area contributed by atoms with Gasteiger partial charge in [0.25, 0.3) is 5.91 Å². The van der Waals surface area contributed by atoms with Gasteiger partial charge in [0.1, 0.15) is 0 Å². The van der Waals surface area contributed by atoms with Crippen LogP contribution in [0.4, 0.5) is 5.69 Å². The number of nitrogens with one attached hydrogen (secondary N) is 1. The smallest absolute Gasteiger partial charge is 0.263 e. The first kappa shape index (κ1) is 17.7. The van der Waals surface area contributed by atoms with Gasteiger partial charge in [0.2, 0.25) is 5.91 Å². The second kappa shape index (κ2) is 7.83. The Morgan fingerprint density at radius 3 is 2.36 bits per heavy atom. The zero-order valence-electron chi connectivity index (χ0n) is 14.7. The molecule has 4 nitrogen and oxygen atoms in total. The fraction of sp³-hybridized carbons (Fsp3) is 0.400. The summed E-state index contributed by atoms with van der Waals surface area (Å²) in [7, 11) is 0. The van der Waals surface area contributed by atoms with Gasteiger partial charge < -0.3 is 10.2 Å². The molecular formula is C20H24N2O2S. The van der Waals surface area contributed by atoms with Gasteiger partial charge in [-0.05, 0) is 47.9 Å². The predicted octanol–water partition coefficient (Wildman–Crippen LogP) is 4.36. The molecule has 2 amide bonds. The number of likely N-dealkylation sites (tertiary alicyclic amines) is 1. The maximum absolute atomic E-state index is 12.5. The van der Waals surface area contributed by atoms with Gasteiger partial charge in [-0.15, -0.1) is 11.3 Å². The molecule has 0 saturated carbocycles. The summed E-state index contributed by atoms with van der Waals surface area (Å²) in [6, 6.07) is 11.8. The van der Waals surface area contributed by atoms with Gasteiger partial charge in [0.15, 0.2) is 0 Å². The van der Waals surface area contributed by atoms with Crippen LogP contribution in [0.1, 0.15) is 47.8 Å². The van der Waals surface area contributed by atoms with Gasteiger partial charge in [-0.25, -0.2) is 0 Å². The molecule has 25 heavy (non-hydrogen) atoms. The number of amides is 2. The van der Waals surface area contributed by atoms with E-state index >= 15 is 0 Å². The Kier molecular flexibility index (Phi) is 5.53. The Hall–Kier alpha value is -2.14. The highest BCUT2D eigenvalue weighted by Gasteiger charge is 2.28. The zero-order chi connectivity index (χ0) is 17.8. The molecule has 0 bridgehead atoms. The Morgan fingerprint density at radius 1 is 1.12 bits per heavy atom. The number of rotatable bonds is 4. The van der Waals surface area contributed by atoms with Crippen molar-refractivity contribution in [2.75, 3.05) is 18.4 Å². The second-order valence-corrected chi connectivity index (χ2v) is 7.76. The minimum atomic E-state index is -0.0304. The first-order valence-electron chi connectivity index (χ1n) is 8.78. The number of anilines is 1. The lowest BCUT2D eigenvalue weighted by atomic mass is 9.95. The quantitative estimate of drug-likeness (QED) is 0.885. The van der Waals surface area contributed by atoms with Crippen molar-refractivity contribution < 1.29 is 9.59 Å². The summed E-state index contributed by atoms with van der Waals surface area (Å²) in [5, 5.41) is 4.92. The van der Waals surface area contributed by atoms with E-state index in [2.05, 4.69) is 31.3 Å². The zero-order valence-corrected chi connectivity index (χ0v) is 15.5. The summed E-state index contributed by atoms with van der Waals surface area (Å²) >= 11 is 1.47. The molecule has 1 aromatic carbocycles. The van der Waals surface area contributed by atoms with Crippen LogP contribution >= 0.6 is 11.3 Å². The van der Waals surface area contributed by atoms with Gasteiger partial charge in [-0.2, -0.15) is 0 Å². The molecule has 3 rings (SSSR count). The van der Waals surface area contributed by atoms with E-state index < -0.39 is 0 Å². The third-order valence-corrected chi connectivity index (χ3v) is 5.59. The molecule has 1 aliphatic rings. The number of carbonyl (C=O) groups excluding carboxylic acids is 2. The third kappa shape index (κ3) is 4.28. The van der Waals surface area contributed by atoms with E-state index in [1.165, 1.54) is 16.9 Å². The van der Waals surface area contributed by atoms with Crippen LogP contribution in [-0.2, 0) is 4.79 Å². The van der Waals surface area contributed by atoms with Gasteiger partial charge in [0.05, 0.1) is 4.88 Å². The molecule has 1 N–H and O–H groups in total. The van der Waals surface area contributed by atoms with Crippen LogP contribution in [0.3, 0.4) is 0 Å². The van der Waals surface area contributed by atoms with Crippen LogP contribution in [0.25, 0.3) is 0 Å². The molecule has 132 valence electrons. The van der Waals surface area contributed by atoms with Crippen molar-refractivity contribution >= 4 is 28.8 Å². The molecule has 0 atom stereocenters. The molecule has 1 aliphatic heterocycles. The summed E-state index contributed by atoms with van der Waals surface area (Å²) in [5.41, 5.74) is 2.10. The summed E-state index contributed by atoms with van der Waals surface area (Å²) < 4.78 is 0. The molecule has 1 saturated heterocycles. The molecule has 5 heteroatoms. The van der Waals surface area contributed by atoms with E-state index in [-0.39, 0.29) is 17.7 Å². The molecule has 0 aliphatic carbocycles. The molecule has 0 unspecified atom stereocenters. The molecule has 1 fully saturated rings. The Labute approximate surface area is 152 Å². The van der Waals surface area contributed by atoms with Crippen molar-refractivity contribution in [3.8, 4) is 0 Å². The Morgan fingerprint density at radius 2 is 1.80 bits per heavy atom. The van der Waals surface area contributed by atoms with E-state index in [1.807, 2.05) is 34.5 Å². The standard InChI is InChI=1S/C20H24N2O2S/c1-14(2)15-5-7-17(8-6-15)21-19(23)16-9-11-22(12-10-16)20(24)18-4-3-13-25-18/h3-8,13-14,16H,9-12H2,1-2H3,(H,21,23). The molecular weight excluding hydrogens is 332 g/mol. The maximum Gasteiger partial charge on any atom is 0.263 e. The monoisotopic (exact) mass is 356 g/mol. The number of hydrogen-bond acceptors (Lipinski definition) is 3. The first-order valence-corrected chi connectivity index (χ1v) is 9.66. The molecule has 0 radical (unpaired) electrons. The molecule has 0 spiro atoms. The number of benzene rings is 1. The van der Waals surface area contributed by atoms with Crippen LogP contribution in [-0.4, -0.2) is 29.8 Å². The minimum Gasteiger partial charge on any atom is -0.338 e. The van der Waals surface area contributed by atoms with E-state index in [9.17, 15) is 9.59 Å². The predicted molar refractivity (Wildman–Crippen MR) is 102 cm³/mol. The minimum absolute atomic E-state index is 0.0304. The number of carbonyl (C=O) groups is 2. The summed E-state index contributed by atoms with van der Waals surface area (Å²) in [4.78, 5) is 27.5. The van der Waals surface area contributed by atoms with Gasteiger partial charge in [-0.1, -0.05) is 32.0 Å². The average Bonchev–Trinajstić information content (AvgIpc) is 3.16. The summed E-state index contributed by atoms with van der Waals surface area (Å²) in [6.07, 6.45) is 1.43. The highest BCUT2D eigenvalue weighted by molar-refractivity contribution is 7.12. The second-order valence-electron chi connectivity index (χ2n) is 6.81. The largest absolute Gasteiger partial charge is 0.338 e. The van der Waals surface area contributed by atoms with Gasteiger partial charge in [-0.3, -0.25) is 9.59 Å². The lowest BCUT2D eigenvalue weighted by Crippen LogP contribution is -2.41. The topological polar surface area (TPSA) is 49.4 Å². The fourth-order valence-electron chi connectivity index (χ4n) is 3.10. The van der Waals surface area contributed by atoms with E-state index in [0.29, 0.717) is 31.8 Å². The highest BCUT2D eigenvalue weighted by Crippen LogP contribution is 2.23. The van der Waals surface area contributed by atoms with Crippen molar-refractivity contribution in [3.63, 3.8) is 0 Å². The highest BCUT2D eigenvalue weighted by atomic mass is 32.1. The lowest BCUT2D eigenvalue weighted by Gasteiger charge is -2.31. The fourth-order valence-corrected chi connectivity index (χ4v) is 3.79. The Balaban J connectivity index is 1.52. The number of thiophene rings is 1. The average molecular weight is 356 g/mol. The van der Waals surface area contributed by atoms with Crippen molar-refractivity contribution in [1.29, 1.82) is 0 Å². The Bertz CT molecular complexity index is 715. The van der Waals surface area contributed by atoms with Crippen molar-refractivity contribution in [1.82, 2.24) is 4.90 Å². The van der Waals surface area contributed by atoms with Crippen molar-refractivity contribution in [2.45, 2.75) is 32.6 Å². The summed E-state index contributed by atoms with van der Waals surface area (Å²) in [6.45, 7) is 5.58. The third-order valence-electron chi connectivity index (χ3n) is 4.73. The van der Waals surface area contributed by atoms with Gasteiger partial charge in [0, 0.05) is 24.7 Å². The normalized spacial score (nSPS) is 15.4. The van der Waals surface area contributed by atoms with Crippen molar-refractivity contribution in [2.24, 2.45) is 5.92 Å². The number of hydrogen-bond donors (Lipinski definition) is 1. The van der Waals surface area contributed by atoms with Crippen LogP contribution in [0.15, 0.2) is 41.8 Å². The van der Waals surface area contributed by atoms with Crippen LogP contribution in [0, 0.1) is 5.92 Å². The molecule has 1 aromatic heterocycles. The van der Waals surface area contributed by atoms with Crippen molar-refractivity contribution in [3.05, 3.63) is 52.2 Å². The van der Waals surface area contributed by atoms with E-state index in [4.69, 9.17) is 0 Å². The first-order chi connectivity index (χ1) is 12.0. The lowest BCUT2D eigenvalue weighted by molar-refractivity contribution is -0.121. The summed E-state index contributed by atoms with van der Waals surface area (Å²) in [5.74, 6) is 0.589. The van der Waals surface area contributed by atoms with Crippen LogP contribution in [0.2, 0.25) is 0 Å². The van der Waals surface area contributed by atoms with Crippen LogP contribution < -0.4 is 5.32 Å². The van der Waals surface area contributed by atoms with E-state index in [0.717, 1.165) is 10.6 Å². The van der Waals surface area contributed by atoms with Crippen LogP contribution in [0.5, 0.6) is 0 Å². The molecule has 2 heterocycles. The SMILES string of the molecule is CC(C)c1ccc(NC(=O)C2CCN(C(=O)c3cccs3)CC2)cc1.